The number of rotatable bonds is 4. The zero-order chi connectivity index (χ0) is 10.7. The van der Waals surface area contributed by atoms with E-state index in [1.165, 1.54) is 0 Å². The summed E-state index contributed by atoms with van der Waals surface area (Å²) in [6.45, 7) is 10.6. The number of aliphatic hydroxyl groups is 1. The van der Waals surface area contributed by atoms with Crippen molar-refractivity contribution in [1.82, 2.24) is 4.98 Å². The lowest BCUT2D eigenvalue weighted by molar-refractivity contribution is 0.278. The van der Waals surface area contributed by atoms with E-state index in [9.17, 15) is 4.79 Å². The Balaban J connectivity index is 4.40. The zero-order valence-electron chi connectivity index (χ0n) is 9.14. The summed E-state index contributed by atoms with van der Waals surface area (Å²) in [7, 11) is -1.68. The average molecular weight is 202 g/mol. The normalized spacial score (nSPS) is 15.5. The third-order valence-electron chi connectivity index (χ3n) is 2.73. The molecule has 2 N–H and O–H groups in total. The number of hydrogen-bond donors (Lipinski definition) is 2. The van der Waals surface area contributed by atoms with Gasteiger partial charge < -0.3 is 10.1 Å². The van der Waals surface area contributed by atoms with Crippen molar-refractivity contribution in [2.75, 3.05) is 6.61 Å². The van der Waals surface area contributed by atoms with Crippen molar-refractivity contribution >= 4 is 14.5 Å². The van der Waals surface area contributed by atoms with Crippen molar-refractivity contribution < 1.29 is 9.90 Å². The van der Waals surface area contributed by atoms with Crippen LogP contribution in [0.3, 0.4) is 0 Å². The van der Waals surface area contributed by atoms with E-state index in [2.05, 4.69) is 38.8 Å². The maximum atomic E-state index is 10.4. The van der Waals surface area contributed by atoms with Crippen molar-refractivity contribution in [3.8, 4) is 0 Å². The first-order chi connectivity index (χ1) is 5.74. The van der Waals surface area contributed by atoms with Gasteiger partial charge in [0.25, 0.3) is 0 Å². The third-order valence-corrected chi connectivity index (χ3v) is 7.56. The highest BCUT2D eigenvalue weighted by atomic mass is 28.3. The fourth-order valence-corrected chi connectivity index (χ4v) is 2.22. The minimum atomic E-state index is -1.68. The van der Waals surface area contributed by atoms with Gasteiger partial charge in [0.2, 0.25) is 6.29 Å². The van der Waals surface area contributed by atoms with E-state index in [0.717, 1.165) is 0 Å². The van der Waals surface area contributed by atoms with E-state index < -0.39 is 14.3 Å². The van der Waals surface area contributed by atoms with E-state index in [-0.39, 0.29) is 11.6 Å². The summed E-state index contributed by atoms with van der Waals surface area (Å²) in [6.07, 6.45) is 1.80. The maximum absolute atomic E-state index is 10.4. The number of carbonyl (C=O) groups excluding carboxylic acids is 1. The van der Waals surface area contributed by atoms with Crippen molar-refractivity contribution in [2.45, 2.75) is 44.9 Å². The largest absolute Gasteiger partial charge is 0.394 e. The van der Waals surface area contributed by atoms with Gasteiger partial charge in [-0.25, -0.2) is 0 Å². The van der Waals surface area contributed by atoms with Crippen LogP contribution in [0.25, 0.3) is 0 Å². The minimum Gasteiger partial charge on any atom is -0.394 e. The van der Waals surface area contributed by atoms with Crippen LogP contribution in [0.15, 0.2) is 0 Å². The van der Waals surface area contributed by atoms with Gasteiger partial charge >= 0.3 is 0 Å². The van der Waals surface area contributed by atoms with Gasteiger partial charge in [0.1, 0.15) is 8.24 Å². The highest BCUT2D eigenvalue weighted by Gasteiger charge is 2.36. The highest BCUT2D eigenvalue weighted by Crippen LogP contribution is 2.33. The van der Waals surface area contributed by atoms with Gasteiger partial charge in [-0.15, -0.1) is 0 Å². The second-order valence-electron chi connectivity index (χ2n) is 4.87. The third kappa shape index (κ3) is 3.58. The van der Waals surface area contributed by atoms with Crippen LogP contribution in [0.1, 0.15) is 20.8 Å². The molecule has 0 bridgehead atoms. The first-order valence-corrected chi connectivity index (χ1v) is 7.51. The van der Waals surface area contributed by atoms with E-state index in [0.29, 0.717) is 0 Å². The Hall–Kier alpha value is -0.193. The van der Waals surface area contributed by atoms with Crippen LogP contribution in [0.2, 0.25) is 18.1 Å². The lowest BCUT2D eigenvalue weighted by atomic mass is 10.2. The molecule has 0 rings (SSSR count). The van der Waals surface area contributed by atoms with Crippen LogP contribution in [0, 0.1) is 0 Å². The fraction of sp³-hybridized carbons (Fsp3) is 0.889. The molecule has 1 unspecified atom stereocenters. The SMILES string of the molecule is CC(C)(C)[Si](C)(C)NC([C]=O)CO. The molecule has 0 aliphatic heterocycles. The summed E-state index contributed by atoms with van der Waals surface area (Å²) in [4.78, 5) is 13.6. The van der Waals surface area contributed by atoms with Gasteiger partial charge in [0, 0.05) is 0 Å². The summed E-state index contributed by atoms with van der Waals surface area (Å²) < 4.78 is 0. The van der Waals surface area contributed by atoms with Crippen LogP contribution >= 0.6 is 0 Å². The maximum Gasteiger partial charge on any atom is 0.218 e. The summed E-state index contributed by atoms with van der Waals surface area (Å²) in [6, 6.07) is -0.527. The molecule has 0 amide bonds. The molecule has 1 radical (unpaired) electrons. The molecule has 77 valence electrons. The summed E-state index contributed by atoms with van der Waals surface area (Å²) in [5.41, 5.74) is 0. The molecule has 0 aromatic carbocycles. The quantitative estimate of drug-likeness (QED) is 0.670. The van der Waals surface area contributed by atoms with Gasteiger partial charge in [-0.3, -0.25) is 4.79 Å². The Morgan fingerprint density at radius 2 is 1.92 bits per heavy atom. The molecule has 0 aliphatic carbocycles. The molecule has 13 heavy (non-hydrogen) atoms. The van der Waals surface area contributed by atoms with Crippen molar-refractivity contribution in [1.29, 1.82) is 0 Å². The Labute approximate surface area is 81.6 Å². The molecular weight excluding hydrogens is 182 g/mol. The molecule has 0 spiro atoms. The average Bonchev–Trinajstić information content (AvgIpc) is 1.98. The Morgan fingerprint density at radius 1 is 1.46 bits per heavy atom. The lowest BCUT2D eigenvalue weighted by Gasteiger charge is -2.38. The van der Waals surface area contributed by atoms with Crippen LogP contribution in [0.4, 0.5) is 0 Å². The smallest absolute Gasteiger partial charge is 0.218 e. The van der Waals surface area contributed by atoms with Crippen molar-refractivity contribution in [3.63, 3.8) is 0 Å². The van der Waals surface area contributed by atoms with Crippen LogP contribution in [-0.2, 0) is 4.79 Å². The predicted molar refractivity (Wildman–Crippen MR) is 56.9 cm³/mol. The van der Waals surface area contributed by atoms with E-state index in [1.807, 2.05) is 0 Å². The van der Waals surface area contributed by atoms with Gasteiger partial charge in [-0.1, -0.05) is 33.9 Å². The molecule has 0 saturated heterocycles. The van der Waals surface area contributed by atoms with E-state index >= 15 is 0 Å². The highest BCUT2D eigenvalue weighted by molar-refractivity contribution is 6.78. The summed E-state index contributed by atoms with van der Waals surface area (Å²) in [5, 5.41) is 9.02. The minimum absolute atomic E-state index is 0.164. The topological polar surface area (TPSA) is 49.3 Å². The van der Waals surface area contributed by atoms with E-state index in [1.54, 1.807) is 6.29 Å². The number of nitrogens with one attached hydrogen (secondary N) is 1. The molecule has 3 nitrogen and oxygen atoms in total. The molecule has 0 aromatic heterocycles. The lowest BCUT2D eigenvalue weighted by Crippen LogP contribution is -2.57. The molecule has 0 aliphatic rings. The van der Waals surface area contributed by atoms with Crippen molar-refractivity contribution in [2.24, 2.45) is 0 Å². The summed E-state index contributed by atoms with van der Waals surface area (Å²) in [5.74, 6) is 0. The second kappa shape index (κ2) is 4.35. The number of aliphatic hydroxyl groups excluding tert-OH is 1. The number of hydrogen-bond acceptors (Lipinski definition) is 3. The molecule has 4 heteroatoms. The Morgan fingerprint density at radius 3 is 2.15 bits per heavy atom. The second-order valence-corrected chi connectivity index (χ2v) is 9.91. The van der Waals surface area contributed by atoms with Gasteiger partial charge in [0.15, 0.2) is 0 Å². The Bertz CT molecular complexity index is 175. The standard InChI is InChI=1S/C9H20NO2Si/c1-9(2,3)13(4,5)10-8(6-11)7-12/h8,10-11H,6H2,1-5H3. The zero-order valence-corrected chi connectivity index (χ0v) is 10.1. The summed E-state index contributed by atoms with van der Waals surface area (Å²) >= 11 is 0. The van der Waals surface area contributed by atoms with Gasteiger partial charge in [0.05, 0.1) is 12.6 Å². The molecular formula is C9H20NO2Si. The molecule has 0 heterocycles. The van der Waals surface area contributed by atoms with Crippen LogP contribution < -0.4 is 4.98 Å². The molecule has 0 saturated carbocycles. The fourth-order valence-electron chi connectivity index (χ4n) is 0.764. The van der Waals surface area contributed by atoms with Crippen LogP contribution in [0.5, 0.6) is 0 Å². The molecule has 1 atom stereocenters. The first kappa shape index (κ1) is 12.8. The van der Waals surface area contributed by atoms with Crippen molar-refractivity contribution in [3.05, 3.63) is 0 Å². The molecule has 0 fully saturated rings. The monoisotopic (exact) mass is 202 g/mol. The van der Waals surface area contributed by atoms with E-state index in [4.69, 9.17) is 5.11 Å². The molecule has 0 aromatic rings. The first-order valence-electron chi connectivity index (χ1n) is 4.51. The van der Waals surface area contributed by atoms with Crippen LogP contribution in [-0.4, -0.2) is 32.3 Å². The van der Waals surface area contributed by atoms with Gasteiger partial charge in [-0.2, -0.15) is 0 Å². The predicted octanol–water partition coefficient (Wildman–Crippen LogP) is 1.05. The van der Waals surface area contributed by atoms with Gasteiger partial charge in [-0.05, 0) is 5.04 Å². The Kier molecular flexibility index (Phi) is 4.28.